The van der Waals surface area contributed by atoms with Crippen molar-refractivity contribution in [1.82, 2.24) is 0 Å². The van der Waals surface area contributed by atoms with Gasteiger partial charge in [0.05, 0.1) is 0 Å². The standard InChI is InChI=1S/C17H15NO6/c19-13-9-24-16-11(15(20)17(21)22)6-7-12(14(16)18-13)23-8-10-4-2-1-3-5-10/h1-7,15,20H,8-9H2,(H,18,19)(H,21,22). The lowest BCUT2D eigenvalue weighted by molar-refractivity contribution is -0.147. The summed E-state index contributed by atoms with van der Waals surface area (Å²) < 4.78 is 11.0. The average molecular weight is 329 g/mol. The predicted octanol–water partition coefficient (Wildman–Crippen LogP) is 1.71. The van der Waals surface area contributed by atoms with Gasteiger partial charge in [-0.15, -0.1) is 0 Å². The van der Waals surface area contributed by atoms with Crippen molar-refractivity contribution in [1.29, 1.82) is 0 Å². The van der Waals surface area contributed by atoms with E-state index in [9.17, 15) is 14.7 Å². The maximum atomic E-state index is 11.6. The second kappa shape index (κ2) is 6.59. The molecule has 3 N–H and O–H groups in total. The molecule has 0 spiro atoms. The minimum Gasteiger partial charge on any atom is -0.487 e. The van der Waals surface area contributed by atoms with Gasteiger partial charge in [-0.3, -0.25) is 4.79 Å². The molecule has 124 valence electrons. The number of nitrogens with one attached hydrogen (secondary N) is 1. The van der Waals surface area contributed by atoms with E-state index in [0.29, 0.717) is 5.75 Å². The van der Waals surface area contributed by atoms with Crippen molar-refractivity contribution in [3.05, 3.63) is 53.6 Å². The van der Waals surface area contributed by atoms with Crippen molar-refractivity contribution in [2.24, 2.45) is 0 Å². The van der Waals surface area contributed by atoms with Gasteiger partial charge in [0, 0.05) is 5.56 Å². The first-order chi connectivity index (χ1) is 11.6. The number of hydrogen-bond acceptors (Lipinski definition) is 5. The monoisotopic (exact) mass is 329 g/mol. The SMILES string of the molecule is O=C1COc2c(C(O)C(=O)O)ccc(OCc3ccccc3)c2N1. The van der Waals surface area contributed by atoms with Crippen LogP contribution in [0.2, 0.25) is 0 Å². The van der Waals surface area contributed by atoms with Crippen molar-refractivity contribution in [2.75, 3.05) is 11.9 Å². The Kier molecular flexibility index (Phi) is 4.35. The van der Waals surface area contributed by atoms with Crippen molar-refractivity contribution < 1.29 is 29.3 Å². The number of carbonyl (C=O) groups is 2. The number of carbonyl (C=O) groups excluding carboxylic acids is 1. The Hall–Kier alpha value is -3.06. The molecule has 0 bridgehead atoms. The molecule has 1 atom stereocenters. The van der Waals surface area contributed by atoms with Gasteiger partial charge in [-0.2, -0.15) is 0 Å². The minimum atomic E-state index is -1.75. The molecule has 1 amide bonds. The molecule has 0 fully saturated rings. The first kappa shape index (κ1) is 15.8. The van der Waals surface area contributed by atoms with Gasteiger partial charge in [0.1, 0.15) is 18.0 Å². The van der Waals surface area contributed by atoms with E-state index in [1.807, 2.05) is 30.3 Å². The summed E-state index contributed by atoms with van der Waals surface area (Å²) in [6, 6.07) is 12.3. The highest BCUT2D eigenvalue weighted by Crippen LogP contribution is 2.42. The topological polar surface area (TPSA) is 105 Å². The highest BCUT2D eigenvalue weighted by atomic mass is 16.5. The number of fused-ring (bicyclic) bond motifs is 1. The van der Waals surface area contributed by atoms with Gasteiger partial charge in [-0.1, -0.05) is 30.3 Å². The minimum absolute atomic E-state index is 0.0598. The third kappa shape index (κ3) is 3.16. The fourth-order valence-corrected chi connectivity index (χ4v) is 2.37. The summed E-state index contributed by atoms with van der Waals surface area (Å²) in [6.45, 7) is 0.0124. The molecule has 0 radical (unpaired) electrons. The van der Waals surface area contributed by atoms with Gasteiger partial charge >= 0.3 is 5.97 Å². The molecule has 0 aliphatic carbocycles. The first-order valence-electron chi connectivity index (χ1n) is 7.23. The van der Waals surface area contributed by atoms with E-state index >= 15 is 0 Å². The predicted molar refractivity (Wildman–Crippen MR) is 83.9 cm³/mol. The number of carboxylic acid groups (broad SMARTS) is 1. The van der Waals surface area contributed by atoms with Crippen LogP contribution in [-0.2, 0) is 16.2 Å². The Balaban J connectivity index is 1.92. The number of hydrogen-bond donors (Lipinski definition) is 3. The van der Waals surface area contributed by atoms with Gasteiger partial charge in [0.2, 0.25) is 0 Å². The van der Waals surface area contributed by atoms with Crippen molar-refractivity contribution in [3.8, 4) is 11.5 Å². The number of aliphatic carboxylic acids is 1. The van der Waals surface area contributed by atoms with E-state index in [0.717, 1.165) is 5.56 Å². The maximum Gasteiger partial charge on any atom is 0.337 e. The second-order valence-electron chi connectivity index (χ2n) is 5.21. The van der Waals surface area contributed by atoms with Crippen molar-refractivity contribution >= 4 is 17.6 Å². The van der Waals surface area contributed by atoms with Crippen LogP contribution in [0, 0.1) is 0 Å². The van der Waals surface area contributed by atoms with E-state index in [1.165, 1.54) is 12.1 Å². The molecular weight excluding hydrogens is 314 g/mol. The van der Waals surface area contributed by atoms with Crippen LogP contribution in [-0.4, -0.2) is 28.7 Å². The van der Waals surface area contributed by atoms with Gasteiger partial charge in [0.25, 0.3) is 5.91 Å². The summed E-state index contributed by atoms with van der Waals surface area (Å²) in [4.78, 5) is 22.6. The molecule has 0 saturated carbocycles. The molecule has 2 aromatic carbocycles. The van der Waals surface area contributed by atoms with Crippen LogP contribution in [0.3, 0.4) is 0 Å². The number of rotatable bonds is 5. The molecule has 1 heterocycles. The lowest BCUT2D eigenvalue weighted by atomic mass is 10.1. The largest absolute Gasteiger partial charge is 0.487 e. The average Bonchev–Trinajstić information content (AvgIpc) is 2.59. The van der Waals surface area contributed by atoms with Crippen molar-refractivity contribution in [2.45, 2.75) is 12.7 Å². The van der Waals surface area contributed by atoms with E-state index in [2.05, 4.69) is 5.32 Å². The summed E-state index contributed by atoms with van der Waals surface area (Å²) in [7, 11) is 0. The number of ether oxygens (including phenoxy) is 2. The highest BCUT2D eigenvalue weighted by Gasteiger charge is 2.29. The second-order valence-corrected chi connectivity index (χ2v) is 5.21. The smallest absolute Gasteiger partial charge is 0.337 e. The fourth-order valence-electron chi connectivity index (χ4n) is 2.37. The Morgan fingerprint density at radius 2 is 2.00 bits per heavy atom. The molecule has 1 unspecified atom stereocenters. The molecule has 7 nitrogen and oxygen atoms in total. The highest BCUT2D eigenvalue weighted by molar-refractivity contribution is 5.98. The Morgan fingerprint density at radius 3 is 2.71 bits per heavy atom. The normalized spacial score (nSPS) is 14.1. The van der Waals surface area contributed by atoms with Crippen LogP contribution in [0.1, 0.15) is 17.2 Å². The molecular formula is C17H15NO6. The molecule has 3 rings (SSSR count). The fraction of sp³-hybridized carbons (Fsp3) is 0.176. The number of aliphatic hydroxyl groups is 1. The summed E-state index contributed by atoms with van der Waals surface area (Å²) >= 11 is 0. The molecule has 0 saturated heterocycles. The number of benzene rings is 2. The quantitative estimate of drug-likeness (QED) is 0.771. The first-order valence-corrected chi connectivity index (χ1v) is 7.23. The van der Waals surface area contributed by atoms with Crippen LogP contribution < -0.4 is 14.8 Å². The summed E-state index contributed by atoms with van der Waals surface area (Å²) in [6.07, 6.45) is -1.75. The van der Waals surface area contributed by atoms with E-state index < -0.39 is 12.1 Å². The zero-order chi connectivity index (χ0) is 17.1. The number of amides is 1. The third-order valence-corrected chi connectivity index (χ3v) is 3.53. The van der Waals surface area contributed by atoms with Crippen LogP contribution in [0.15, 0.2) is 42.5 Å². The van der Waals surface area contributed by atoms with E-state index in [1.54, 1.807) is 0 Å². The lowest BCUT2D eigenvalue weighted by Crippen LogP contribution is -2.27. The van der Waals surface area contributed by atoms with Crippen LogP contribution >= 0.6 is 0 Å². The molecule has 24 heavy (non-hydrogen) atoms. The third-order valence-electron chi connectivity index (χ3n) is 3.53. The van der Waals surface area contributed by atoms with Crippen molar-refractivity contribution in [3.63, 3.8) is 0 Å². The summed E-state index contributed by atoms with van der Waals surface area (Å²) in [5.74, 6) is -1.34. The number of anilines is 1. The zero-order valence-corrected chi connectivity index (χ0v) is 12.6. The van der Waals surface area contributed by atoms with Crippen LogP contribution in [0.4, 0.5) is 5.69 Å². The van der Waals surface area contributed by atoms with Gasteiger partial charge in [-0.25, -0.2) is 4.79 Å². The number of aliphatic hydroxyl groups excluding tert-OH is 1. The van der Waals surface area contributed by atoms with Gasteiger partial charge < -0.3 is 25.0 Å². The molecule has 7 heteroatoms. The number of carboxylic acids is 1. The van der Waals surface area contributed by atoms with E-state index in [-0.39, 0.29) is 36.1 Å². The molecule has 2 aromatic rings. The Morgan fingerprint density at radius 1 is 1.25 bits per heavy atom. The van der Waals surface area contributed by atoms with Crippen LogP contribution in [0.5, 0.6) is 11.5 Å². The Bertz CT molecular complexity index is 774. The van der Waals surface area contributed by atoms with Crippen LogP contribution in [0.25, 0.3) is 0 Å². The lowest BCUT2D eigenvalue weighted by Gasteiger charge is -2.24. The summed E-state index contributed by atoms with van der Waals surface area (Å²) in [5, 5.41) is 21.4. The maximum absolute atomic E-state index is 11.6. The van der Waals surface area contributed by atoms with E-state index in [4.69, 9.17) is 14.6 Å². The van der Waals surface area contributed by atoms with Gasteiger partial charge in [-0.05, 0) is 17.7 Å². The Labute approximate surface area is 137 Å². The molecule has 1 aliphatic rings. The zero-order valence-electron chi connectivity index (χ0n) is 12.6. The summed E-state index contributed by atoms with van der Waals surface area (Å²) in [5.41, 5.74) is 1.22. The molecule has 1 aliphatic heterocycles. The van der Waals surface area contributed by atoms with Gasteiger partial charge in [0.15, 0.2) is 18.5 Å². The molecule has 0 aromatic heterocycles.